The predicted octanol–water partition coefficient (Wildman–Crippen LogP) is 14.8. The van der Waals surface area contributed by atoms with Crippen molar-refractivity contribution in [1.29, 1.82) is 31.6 Å². The van der Waals surface area contributed by atoms with Gasteiger partial charge in [-0.1, -0.05) is 89.8 Å². The van der Waals surface area contributed by atoms with Gasteiger partial charge in [-0.15, -0.1) is 22.7 Å². The minimum Gasteiger partial charge on any atom is -0.488 e. The molecule has 2 aliphatic rings. The van der Waals surface area contributed by atoms with Crippen molar-refractivity contribution in [1.82, 2.24) is 0 Å². The molecule has 20 heteroatoms. The molecule has 0 amide bonds. The number of ether oxygens (including phenoxy) is 6. The van der Waals surface area contributed by atoms with Crippen molar-refractivity contribution < 1.29 is 54.8 Å². The molecule has 0 saturated carbocycles. The van der Waals surface area contributed by atoms with E-state index in [1.807, 2.05) is 27.7 Å². The van der Waals surface area contributed by atoms with Gasteiger partial charge in [0, 0.05) is 11.1 Å². The second kappa shape index (κ2) is 26.9. The summed E-state index contributed by atoms with van der Waals surface area (Å²) in [6.07, 6.45) is 10.3. The summed E-state index contributed by atoms with van der Waals surface area (Å²) in [5.74, 6) is 0.0697. The van der Waals surface area contributed by atoms with Gasteiger partial charge in [-0.25, -0.2) is 0 Å². The first-order chi connectivity index (χ1) is 35.3. The average molecular weight is 1060 g/mol. The van der Waals surface area contributed by atoms with Crippen LogP contribution in [-0.2, 0) is 9.47 Å². The number of allylic oxidation sites excluding steroid dienone is 8. The Morgan fingerprint density at radius 1 is 0.473 bits per heavy atom. The third kappa shape index (κ3) is 13.3. The summed E-state index contributed by atoms with van der Waals surface area (Å²) in [4.78, 5) is 2.29. The molecule has 388 valence electrons. The molecule has 2 aromatic heterocycles. The van der Waals surface area contributed by atoms with Gasteiger partial charge < -0.3 is 28.4 Å². The number of hydrogen-bond acceptors (Lipinski definition) is 14. The van der Waals surface area contributed by atoms with Gasteiger partial charge in [0.25, 0.3) is 0 Å². The quantitative estimate of drug-likeness (QED) is 0.0418. The Kier molecular flexibility index (Phi) is 21.4. The van der Waals surface area contributed by atoms with Crippen molar-refractivity contribution in [2.45, 2.75) is 116 Å². The number of alkyl halides is 6. The van der Waals surface area contributed by atoms with Gasteiger partial charge >= 0.3 is 12.4 Å². The lowest BCUT2D eigenvalue weighted by Gasteiger charge is -2.28. The Hall–Kier alpha value is -7.62. The number of nitriles is 6. The molecule has 0 fully saturated rings. The van der Waals surface area contributed by atoms with E-state index in [1.54, 1.807) is 36.4 Å². The fraction of sp³-hybridized carbons (Fsp3) is 0.407. The molecule has 0 N–H and O–H groups in total. The van der Waals surface area contributed by atoms with Crippen LogP contribution in [0.25, 0.3) is 24.3 Å². The fourth-order valence-electron chi connectivity index (χ4n) is 6.95. The number of hydrogen-bond donors (Lipinski definition) is 0. The van der Waals surface area contributed by atoms with E-state index in [-0.39, 0.29) is 0 Å². The Labute approximate surface area is 434 Å². The highest BCUT2D eigenvalue weighted by atomic mass is 32.1. The lowest BCUT2D eigenvalue weighted by molar-refractivity contribution is -0.236. The molecule has 2 atom stereocenters. The van der Waals surface area contributed by atoms with Gasteiger partial charge in [0.1, 0.15) is 47.6 Å². The Bertz CT molecular complexity index is 2720. The van der Waals surface area contributed by atoms with Crippen LogP contribution in [0, 0.1) is 68.0 Å². The first kappa shape index (κ1) is 58.9. The summed E-state index contributed by atoms with van der Waals surface area (Å²) in [5, 5.41) is 57.4. The van der Waals surface area contributed by atoms with E-state index >= 15 is 0 Å². The summed E-state index contributed by atoms with van der Waals surface area (Å²) in [5.41, 5.74) is -10.1. The molecule has 0 aromatic carbocycles. The summed E-state index contributed by atoms with van der Waals surface area (Å²) in [6.45, 7) is 10.7. The second-order valence-electron chi connectivity index (χ2n) is 16.5. The molecule has 2 unspecified atom stereocenters. The number of thiophene rings is 2. The zero-order valence-corrected chi connectivity index (χ0v) is 43.1. The maximum atomic E-state index is 14.5. The van der Waals surface area contributed by atoms with Crippen LogP contribution in [0.3, 0.4) is 0 Å². The number of nitrogens with zero attached hydrogens (tertiary/aromatic N) is 6. The van der Waals surface area contributed by atoms with Crippen molar-refractivity contribution in [2.75, 3.05) is 26.4 Å². The summed E-state index contributed by atoms with van der Waals surface area (Å²) < 4.78 is 123. The summed E-state index contributed by atoms with van der Waals surface area (Å²) in [7, 11) is 0. The number of unbranched alkanes of at least 4 members (excludes halogenated alkanes) is 4. The van der Waals surface area contributed by atoms with E-state index in [4.69, 9.17) is 28.4 Å². The molecule has 12 nitrogen and oxygen atoms in total. The monoisotopic (exact) mass is 1060 g/mol. The molecule has 0 bridgehead atoms. The average Bonchev–Trinajstić information content (AvgIpc) is 4.06. The zero-order chi connectivity index (χ0) is 54.7. The van der Waals surface area contributed by atoms with Crippen LogP contribution in [0.2, 0.25) is 0 Å². The molecular weight excluding hydrogens is 1010 g/mol. The lowest BCUT2D eigenvalue weighted by Crippen LogP contribution is -2.43. The largest absolute Gasteiger partial charge is 0.488 e. The molecule has 0 saturated heterocycles. The normalized spacial score (nSPS) is 17.9. The van der Waals surface area contributed by atoms with E-state index in [2.05, 4.69) is 0 Å². The Morgan fingerprint density at radius 2 is 0.743 bits per heavy atom. The van der Waals surface area contributed by atoms with E-state index in [0.717, 1.165) is 37.8 Å². The third-order valence-electron chi connectivity index (χ3n) is 11.2. The predicted molar refractivity (Wildman–Crippen MR) is 268 cm³/mol. The lowest BCUT2D eigenvalue weighted by atomic mass is 9.92. The third-order valence-corrected chi connectivity index (χ3v) is 13.4. The van der Waals surface area contributed by atoms with E-state index in [1.165, 1.54) is 71.3 Å². The topological polar surface area (TPSA) is 198 Å². The smallest absolute Gasteiger partial charge is 0.432 e. The van der Waals surface area contributed by atoms with Crippen molar-refractivity contribution >= 4 is 47.0 Å². The molecule has 4 rings (SSSR count). The molecule has 74 heavy (non-hydrogen) atoms. The van der Waals surface area contributed by atoms with Crippen molar-refractivity contribution in [3.8, 4) is 59.4 Å². The first-order valence-corrected chi connectivity index (χ1v) is 25.1. The minimum atomic E-state index is -5.04. The molecule has 0 spiro atoms. The van der Waals surface area contributed by atoms with Crippen LogP contribution in [0.4, 0.5) is 26.3 Å². The highest BCUT2D eigenvalue weighted by molar-refractivity contribution is 7.15. The van der Waals surface area contributed by atoms with Gasteiger partial charge in [-0.05, 0) is 63.8 Å². The van der Waals surface area contributed by atoms with Crippen LogP contribution in [-0.4, -0.2) is 50.0 Å². The molecule has 2 aromatic rings. The summed E-state index contributed by atoms with van der Waals surface area (Å²) in [6, 6.07) is 9.29. The van der Waals surface area contributed by atoms with Crippen molar-refractivity contribution in [3.05, 3.63) is 101 Å². The number of halogens is 6. The van der Waals surface area contributed by atoms with Crippen LogP contribution < -0.4 is 18.9 Å². The maximum Gasteiger partial charge on any atom is 0.432 e. The molecule has 4 heterocycles. The van der Waals surface area contributed by atoms with Crippen molar-refractivity contribution in [3.63, 3.8) is 0 Å². The van der Waals surface area contributed by atoms with Crippen LogP contribution in [0.15, 0.2) is 81.4 Å². The van der Waals surface area contributed by atoms with Gasteiger partial charge in [0.2, 0.25) is 11.2 Å². The maximum absolute atomic E-state index is 14.5. The van der Waals surface area contributed by atoms with Crippen LogP contribution in [0.5, 0.6) is 23.0 Å². The minimum absolute atomic E-state index is 0.311. The molecule has 2 aliphatic heterocycles. The van der Waals surface area contributed by atoms with Crippen LogP contribution >= 0.6 is 22.7 Å². The highest BCUT2D eigenvalue weighted by Gasteiger charge is 2.62. The van der Waals surface area contributed by atoms with E-state index in [9.17, 15) is 57.9 Å². The van der Waals surface area contributed by atoms with E-state index in [0.29, 0.717) is 108 Å². The number of rotatable bonds is 24. The summed E-state index contributed by atoms with van der Waals surface area (Å²) >= 11 is 2.53. The molecule has 0 aliphatic carbocycles. The van der Waals surface area contributed by atoms with Crippen molar-refractivity contribution in [2.24, 2.45) is 0 Å². The van der Waals surface area contributed by atoms with Crippen LogP contribution in [0.1, 0.15) is 112 Å². The first-order valence-electron chi connectivity index (χ1n) is 23.5. The molecule has 0 radical (unpaired) electrons. The van der Waals surface area contributed by atoms with Gasteiger partial charge in [-0.2, -0.15) is 57.9 Å². The molecular formula is C54H52F6N6O6S2. The Balaban J connectivity index is 1.90. The zero-order valence-electron chi connectivity index (χ0n) is 41.5. The SMILES string of the molecule is CCCCOc1c(/C=C/C=C/C2=C(C#N)C(=C(C#N)C#N)OC2(C)C(F)(F)F)sc(/C=C/c2sc(/C=C/C=C/C3=C(C#N)C(=C(C#N)C#N)OC3(C)C(F)(F)F)c(OCCCC)c2OCCCC)c1OCCCC. The van der Waals surface area contributed by atoms with Gasteiger partial charge in [-0.3, -0.25) is 0 Å². The highest BCUT2D eigenvalue weighted by Crippen LogP contribution is 2.52. The van der Waals surface area contributed by atoms with Gasteiger partial charge in [0.05, 0.1) is 45.9 Å². The fourth-order valence-corrected chi connectivity index (χ4v) is 8.96. The van der Waals surface area contributed by atoms with E-state index < -0.39 is 68.5 Å². The second-order valence-corrected chi connectivity index (χ2v) is 18.6. The standard InChI is InChI=1S/C54H52F6N6O6S2/c1-7-11-25-67-47-41(21-17-15-19-39-37(33-65)45(35(29-61)30-62)71-51(39,5)53(55,56)57)73-43(49(47)69-27-13-9-3)23-24-44-50(70-28-14-10-4)48(68-26-12-8-2)42(74-44)22-18-16-20-40-38(34-66)46(36(31-63)32-64)72-52(40,6)54(58,59)60/h15-24H,7-14,25-28H2,1-6H3/b19-15+,20-16+,21-17+,22-18+,24-23+. The Morgan fingerprint density at radius 3 is 0.986 bits per heavy atom. The van der Waals surface area contributed by atoms with Gasteiger partial charge in [0.15, 0.2) is 45.7 Å².